The number of rotatable bonds is 5. The molecule has 1 unspecified atom stereocenters. The summed E-state index contributed by atoms with van der Waals surface area (Å²) in [6.45, 7) is 0.342. The third kappa shape index (κ3) is 3.34. The Bertz CT molecular complexity index is 300. The fourth-order valence-corrected chi connectivity index (χ4v) is 1.31. The maximum absolute atomic E-state index is 11.5. The Morgan fingerprint density at radius 3 is 2.67 bits per heavy atom. The zero-order chi connectivity index (χ0) is 11.1. The molecule has 0 aliphatic heterocycles. The summed E-state index contributed by atoms with van der Waals surface area (Å²) in [6, 6.07) is 8.75. The van der Waals surface area contributed by atoms with Gasteiger partial charge in [-0.3, -0.25) is 5.32 Å². The normalized spacial score (nSPS) is 12.1. The summed E-state index contributed by atoms with van der Waals surface area (Å²) >= 11 is 0. The van der Waals surface area contributed by atoms with Crippen LogP contribution >= 0.6 is 0 Å². The number of carbonyl (C=O) groups excluding carboxylic acids is 1. The maximum atomic E-state index is 11.5. The van der Waals surface area contributed by atoms with Crippen molar-refractivity contribution in [3.8, 4) is 0 Å². The molecule has 1 atom stereocenters. The van der Waals surface area contributed by atoms with E-state index in [1.54, 1.807) is 0 Å². The van der Waals surface area contributed by atoms with Crippen molar-refractivity contribution in [2.24, 2.45) is 0 Å². The van der Waals surface area contributed by atoms with Crippen LogP contribution in [0.3, 0.4) is 0 Å². The summed E-state index contributed by atoms with van der Waals surface area (Å²) in [5, 5.41) is 11.6. The van der Waals surface area contributed by atoms with Crippen LogP contribution < -0.4 is 5.32 Å². The summed E-state index contributed by atoms with van der Waals surface area (Å²) in [5.41, 5.74) is 0.831. The Hall–Kier alpha value is -1.39. The van der Waals surface area contributed by atoms with Crippen molar-refractivity contribution < 1.29 is 14.6 Å². The Morgan fingerprint density at radius 2 is 2.13 bits per heavy atom. The van der Waals surface area contributed by atoms with Gasteiger partial charge in [0, 0.05) is 6.54 Å². The van der Waals surface area contributed by atoms with Crippen LogP contribution in [0.4, 0.5) is 0 Å². The highest BCUT2D eigenvalue weighted by molar-refractivity contribution is 5.77. The van der Waals surface area contributed by atoms with Crippen LogP contribution in [0, 0.1) is 0 Å². The van der Waals surface area contributed by atoms with E-state index in [0.29, 0.717) is 6.54 Å². The molecular formula is C11H15NO3. The van der Waals surface area contributed by atoms with Crippen molar-refractivity contribution in [3.63, 3.8) is 0 Å². The summed E-state index contributed by atoms with van der Waals surface area (Å²) in [6.07, 6.45) is 0. The molecule has 82 valence electrons. The molecule has 2 N–H and O–H groups in total. The summed E-state index contributed by atoms with van der Waals surface area (Å²) in [5.74, 6) is -0.352. The zero-order valence-electron chi connectivity index (χ0n) is 8.64. The molecule has 1 aromatic carbocycles. The molecule has 0 aromatic heterocycles. The number of aliphatic hydroxyl groups excluding tert-OH is 1. The van der Waals surface area contributed by atoms with Crippen molar-refractivity contribution in [1.29, 1.82) is 0 Å². The van der Waals surface area contributed by atoms with E-state index in [4.69, 9.17) is 5.11 Å². The molecule has 0 fully saturated rings. The first-order valence-electron chi connectivity index (χ1n) is 4.76. The van der Waals surface area contributed by atoms with Crippen molar-refractivity contribution in [3.05, 3.63) is 35.9 Å². The molecule has 1 rings (SSSR count). The van der Waals surface area contributed by atoms with Gasteiger partial charge in [-0.05, 0) is 5.56 Å². The lowest BCUT2D eigenvalue weighted by Crippen LogP contribution is -2.31. The maximum Gasteiger partial charge on any atom is 0.327 e. The molecule has 0 aliphatic carbocycles. The quantitative estimate of drug-likeness (QED) is 0.693. The number of nitrogens with one attached hydrogen (secondary N) is 1. The lowest BCUT2D eigenvalue weighted by atomic mass is 10.1. The van der Waals surface area contributed by atoms with E-state index < -0.39 is 6.04 Å². The van der Waals surface area contributed by atoms with Crippen molar-refractivity contribution >= 4 is 5.97 Å². The van der Waals surface area contributed by atoms with E-state index >= 15 is 0 Å². The van der Waals surface area contributed by atoms with Crippen LogP contribution in [-0.2, 0) is 9.53 Å². The number of aliphatic hydroxyl groups is 1. The minimum absolute atomic E-state index is 0.0136. The molecule has 4 nitrogen and oxygen atoms in total. The standard InChI is InChI=1S/C11H15NO3/c1-15-11(14)10(12-7-8-13)9-5-3-2-4-6-9/h2-6,10,12-13H,7-8H2,1H3. The largest absolute Gasteiger partial charge is 0.468 e. The van der Waals surface area contributed by atoms with E-state index in [-0.39, 0.29) is 12.6 Å². The number of benzene rings is 1. The van der Waals surface area contributed by atoms with Crippen LogP contribution in [0.1, 0.15) is 11.6 Å². The topological polar surface area (TPSA) is 58.6 Å². The summed E-state index contributed by atoms with van der Waals surface area (Å²) < 4.78 is 4.68. The molecule has 0 amide bonds. The zero-order valence-corrected chi connectivity index (χ0v) is 8.64. The van der Waals surface area contributed by atoms with Crippen LogP contribution in [0.25, 0.3) is 0 Å². The number of ether oxygens (including phenoxy) is 1. The molecule has 15 heavy (non-hydrogen) atoms. The minimum atomic E-state index is -0.511. The Labute approximate surface area is 88.9 Å². The molecule has 0 heterocycles. The first kappa shape index (κ1) is 11.7. The average molecular weight is 209 g/mol. The minimum Gasteiger partial charge on any atom is -0.468 e. The van der Waals surface area contributed by atoms with E-state index in [1.807, 2.05) is 30.3 Å². The predicted octanol–water partition coefficient (Wildman–Crippen LogP) is 0.483. The van der Waals surface area contributed by atoms with E-state index in [9.17, 15) is 4.79 Å². The fourth-order valence-electron chi connectivity index (χ4n) is 1.31. The number of esters is 1. The third-order valence-electron chi connectivity index (χ3n) is 2.03. The van der Waals surface area contributed by atoms with Crippen LogP contribution in [-0.4, -0.2) is 31.3 Å². The molecular weight excluding hydrogens is 194 g/mol. The molecule has 0 aliphatic rings. The van der Waals surface area contributed by atoms with Gasteiger partial charge < -0.3 is 9.84 Å². The fraction of sp³-hybridized carbons (Fsp3) is 0.364. The SMILES string of the molecule is COC(=O)C(NCCO)c1ccccc1. The highest BCUT2D eigenvalue weighted by atomic mass is 16.5. The van der Waals surface area contributed by atoms with Gasteiger partial charge in [-0.1, -0.05) is 30.3 Å². The molecule has 4 heteroatoms. The van der Waals surface area contributed by atoms with Crippen molar-refractivity contribution in [2.45, 2.75) is 6.04 Å². The average Bonchev–Trinajstić information content (AvgIpc) is 2.30. The highest BCUT2D eigenvalue weighted by Gasteiger charge is 2.19. The van der Waals surface area contributed by atoms with Gasteiger partial charge in [-0.25, -0.2) is 4.79 Å². The van der Waals surface area contributed by atoms with Gasteiger partial charge in [0.2, 0.25) is 0 Å². The van der Waals surface area contributed by atoms with E-state index in [2.05, 4.69) is 10.1 Å². The summed E-state index contributed by atoms with van der Waals surface area (Å²) in [4.78, 5) is 11.5. The number of hydrogen-bond donors (Lipinski definition) is 2. The molecule has 0 bridgehead atoms. The van der Waals surface area contributed by atoms with Crippen LogP contribution in [0.2, 0.25) is 0 Å². The molecule has 0 saturated heterocycles. The predicted molar refractivity (Wildman–Crippen MR) is 56.3 cm³/mol. The third-order valence-corrected chi connectivity index (χ3v) is 2.03. The molecule has 0 saturated carbocycles. The lowest BCUT2D eigenvalue weighted by molar-refractivity contribution is -0.143. The number of hydrogen-bond acceptors (Lipinski definition) is 4. The van der Waals surface area contributed by atoms with Crippen molar-refractivity contribution in [2.75, 3.05) is 20.3 Å². The van der Waals surface area contributed by atoms with Crippen LogP contribution in [0.15, 0.2) is 30.3 Å². The second-order valence-corrected chi connectivity index (χ2v) is 3.04. The van der Waals surface area contributed by atoms with Crippen molar-refractivity contribution in [1.82, 2.24) is 5.32 Å². The first-order valence-corrected chi connectivity index (χ1v) is 4.76. The van der Waals surface area contributed by atoms with Gasteiger partial charge in [-0.2, -0.15) is 0 Å². The van der Waals surface area contributed by atoms with Gasteiger partial charge in [0.1, 0.15) is 6.04 Å². The van der Waals surface area contributed by atoms with Crippen LogP contribution in [0.5, 0.6) is 0 Å². The summed E-state index contributed by atoms with van der Waals surface area (Å²) in [7, 11) is 1.35. The molecule has 0 spiro atoms. The smallest absolute Gasteiger partial charge is 0.327 e. The Kier molecular flexibility index (Phi) is 4.80. The molecule has 1 aromatic rings. The van der Waals surface area contributed by atoms with Gasteiger partial charge in [-0.15, -0.1) is 0 Å². The molecule has 0 radical (unpaired) electrons. The monoisotopic (exact) mass is 209 g/mol. The number of carbonyl (C=O) groups is 1. The first-order chi connectivity index (χ1) is 7.29. The lowest BCUT2D eigenvalue weighted by Gasteiger charge is -2.15. The van der Waals surface area contributed by atoms with Gasteiger partial charge in [0.05, 0.1) is 13.7 Å². The second-order valence-electron chi connectivity index (χ2n) is 3.04. The van der Waals surface area contributed by atoms with E-state index in [0.717, 1.165) is 5.56 Å². The van der Waals surface area contributed by atoms with Gasteiger partial charge in [0.15, 0.2) is 0 Å². The van der Waals surface area contributed by atoms with Gasteiger partial charge >= 0.3 is 5.97 Å². The van der Waals surface area contributed by atoms with E-state index in [1.165, 1.54) is 7.11 Å². The Balaban J connectivity index is 2.76. The van der Waals surface area contributed by atoms with Gasteiger partial charge in [0.25, 0.3) is 0 Å². The number of methoxy groups -OCH3 is 1. The Morgan fingerprint density at radius 1 is 1.47 bits per heavy atom. The second kappa shape index (κ2) is 6.16. The highest BCUT2D eigenvalue weighted by Crippen LogP contribution is 2.13.